The number of carbonyl (C=O) groups is 3. The van der Waals surface area contributed by atoms with Gasteiger partial charge in [0.2, 0.25) is 0 Å². The molecule has 0 fully saturated rings. The number of nitrogen functional groups attached to an aromatic ring is 1. The Kier molecular flexibility index (Phi) is 7.73. The van der Waals surface area contributed by atoms with Crippen LogP contribution in [-0.4, -0.2) is 31.1 Å². The number of amides is 1. The molecule has 2 aromatic carbocycles. The minimum absolute atomic E-state index is 0.105. The second-order valence-electron chi connectivity index (χ2n) is 7.18. The maximum atomic E-state index is 12.8. The number of esters is 2. The fourth-order valence-electron chi connectivity index (χ4n) is 3.19. The van der Waals surface area contributed by atoms with Crippen molar-refractivity contribution >= 4 is 51.5 Å². The molecule has 1 amide bonds. The summed E-state index contributed by atoms with van der Waals surface area (Å²) in [5.41, 5.74) is 8.92. The maximum absolute atomic E-state index is 12.8. The third-order valence-corrected chi connectivity index (χ3v) is 5.98. The lowest BCUT2D eigenvalue weighted by atomic mass is 10.0. The number of nitrogens with one attached hydrogen (secondary N) is 1. The molecule has 3 N–H and O–H groups in total. The molecule has 3 rings (SSSR count). The lowest BCUT2D eigenvalue weighted by molar-refractivity contribution is -0.119. The second kappa shape index (κ2) is 10.5. The first-order valence-electron chi connectivity index (χ1n) is 10.1. The monoisotopic (exact) mass is 486 g/mol. The summed E-state index contributed by atoms with van der Waals surface area (Å²) >= 11 is 7.09. The van der Waals surface area contributed by atoms with Crippen LogP contribution in [0.25, 0.3) is 11.1 Å². The van der Waals surface area contributed by atoms with Crippen LogP contribution in [0.4, 0.5) is 10.7 Å². The Morgan fingerprint density at radius 2 is 1.73 bits per heavy atom. The first kappa shape index (κ1) is 24.3. The van der Waals surface area contributed by atoms with Crippen LogP contribution in [0.2, 0.25) is 5.02 Å². The number of hydrogen-bond donors (Lipinski definition) is 2. The normalized spacial score (nSPS) is 10.5. The lowest BCUT2D eigenvalue weighted by Gasteiger charge is -2.10. The minimum Gasteiger partial charge on any atom is -0.462 e. The van der Waals surface area contributed by atoms with Crippen molar-refractivity contribution in [1.82, 2.24) is 0 Å². The van der Waals surface area contributed by atoms with Crippen LogP contribution in [0.15, 0.2) is 42.5 Å². The topological polar surface area (TPSA) is 108 Å². The predicted octanol–water partition coefficient (Wildman–Crippen LogP) is 5.24. The molecule has 0 aliphatic rings. The molecular formula is C24H23ClN2O5S. The van der Waals surface area contributed by atoms with Crippen LogP contribution in [0.5, 0.6) is 0 Å². The molecular weight excluding hydrogens is 464 g/mol. The maximum Gasteiger partial charge on any atom is 0.341 e. The average molecular weight is 487 g/mol. The zero-order valence-electron chi connectivity index (χ0n) is 18.4. The molecule has 1 aromatic heterocycles. The van der Waals surface area contributed by atoms with Gasteiger partial charge >= 0.3 is 11.9 Å². The Morgan fingerprint density at radius 3 is 2.36 bits per heavy atom. The number of hydrogen-bond acceptors (Lipinski definition) is 7. The molecule has 1 heterocycles. The van der Waals surface area contributed by atoms with E-state index in [4.69, 9.17) is 26.8 Å². The molecule has 0 unspecified atom stereocenters. The summed E-state index contributed by atoms with van der Waals surface area (Å²) in [7, 11) is 0. The zero-order valence-corrected chi connectivity index (χ0v) is 19.9. The Bertz CT molecular complexity index is 1200. The van der Waals surface area contributed by atoms with Gasteiger partial charge in [0.05, 0.1) is 12.2 Å². The number of aryl methyl sites for hydroxylation is 2. The first-order valence-corrected chi connectivity index (χ1v) is 11.3. The van der Waals surface area contributed by atoms with Gasteiger partial charge in [0.15, 0.2) is 6.61 Å². The van der Waals surface area contributed by atoms with Crippen LogP contribution in [0, 0.1) is 13.8 Å². The Labute approximate surface area is 200 Å². The van der Waals surface area contributed by atoms with Crippen molar-refractivity contribution in [3.05, 3.63) is 69.1 Å². The van der Waals surface area contributed by atoms with E-state index in [0.717, 1.165) is 16.0 Å². The highest BCUT2D eigenvalue weighted by atomic mass is 35.5. The van der Waals surface area contributed by atoms with E-state index >= 15 is 0 Å². The van der Waals surface area contributed by atoms with Crippen molar-refractivity contribution in [2.75, 3.05) is 24.3 Å². The third-order valence-electron chi connectivity index (χ3n) is 4.72. The highest BCUT2D eigenvalue weighted by Gasteiger charge is 2.26. The second-order valence-corrected chi connectivity index (χ2v) is 8.84. The summed E-state index contributed by atoms with van der Waals surface area (Å²) in [5, 5.41) is 3.38. The molecule has 9 heteroatoms. The largest absolute Gasteiger partial charge is 0.462 e. The van der Waals surface area contributed by atoms with E-state index in [1.165, 1.54) is 29.5 Å². The highest BCUT2D eigenvalue weighted by Crippen LogP contribution is 2.40. The number of rotatable bonds is 7. The van der Waals surface area contributed by atoms with Crippen molar-refractivity contribution in [2.45, 2.75) is 20.8 Å². The summed E-state index contributed by atoms with van der Waals surface area (Å²) in [6, 6.07) is 12.1. The van der Waals surface area contributed by atoms with Gasteiger partial charge in [-0.05, 0) is 44.5 Å². The van der Waals surface area contributed by atoms with Gasteiger partial charge in [-0.3, -0.25) is 4.79 Å². The third kappa shape index (κ3) is 5.71. The van der Waals surface area contributed by atoms with Crippen LogP contribution < -0.4 is 11.1 Å². The summed E-state index contributed by atoms with van der Waals surface area (Å²) in [6.45, 7) is 5.18. The number of benzene rings is 2. The fraction of sp³-hybridized carbons (Fsp3) is 0.208. The fourth-order valence-corrected chi connectivity index (χ4v) is 4.45. The van der Waals surface area contributed by atoms with E-state index in [1.807, 2.05) is 38.1 Å². The predicted molar refractivity (Wildman–Crippen MR) is 130 cm³/mol. The highest BCUT2D eigenvalue weighted by molar-refractivity contribution is 7.17. The van der Waals surface area contributed by atoms with Crippen molar-refractivity contribution in [1.29, 1.82) is 0 Å². The molecule has 3 aromatic rings. The quantitative estimate of drug-likeness (QED) is 0.349. The lowest BCUT2D eigenvalue weighted by Crippen LogP contribution is -2.22. The van der Waals surface area contributed by atoms with Gasteiger partial charge in [-0.1, -0.05) is 41.4 Å². The summed E-state index contributed by atoms with van der Waals surface area (Å²) in [6.07, 6.45) is 0. The number of ether oxygens (including phenoxy) is 2. The van der Waals surface area contributed by atoms with Gasteiger partial charge in [-0.15, -0.1) is 11.3 Å². The standard InChI is InChI=1S/C24H23ClN2O5S/c1-4-31-24(30)21-20(15-7-5-13(2)6-8-15)14(3)33-22(21)27-19(28)12-32-23(29)17-10-9-16(25)11-18(17)26/h5-11H,4,12,26H2,1-3H3,(H,27,28). The molecule has 0 saturated heterocycles. The summed E-state index contributed by atoms with van der Waals surface area (Å²) < 4.78 is 10.3. The number of anilines is 2. The molecule has 33 heavy (non-hydrogen) atoms. The molecule has 0 aliphatic heterocycles. The average Bonchev–Trinajstić information content (AvgIpc) is 3.08. The number of halogens is 1. The van der Waals surface area contributed by atoms with Crippen LogP contribution >= 0.6 is 22.9 Å². The van der Waals surface area contributed by atoms with Gasteiger partial charge < -0.3 is 20.5 Å². The van der Waals surface area contributed by atoms with Crippen molar-refractivity contribution in [3.8, 4) is 11.1 Å². The van der Waals surface area contributed by atoms with Crippen molar-refractivity contribution < 1.29 is 23.9 Å². The van der Waals surface area contributed by atoms with Gasteiger partial charge in [0.25, 0.3) is 5.91 Å². The Morgan fingerprint density at radius 1 is 1.03 bits per heavy atom. The van der Waals surface area contributed by atoms with E-state index in [0.29, 0.717) is 15.6 Å². The molecule has 0 radical (unpaired) electrons. The van der Waals surface area contributed by atoms with E-state index in [9.17, 15) is 14.4 Å². The number of nitrogens with two attached hydrogens (primary N) is 1. The minimum atomic E-state index is -0.757. The SMILES string of the molecule is CCOC(=O)c1c(NC(=O)COC(=O)c2ccc(Cl)cc2N)sc(C)c1-c1ccc(C)cc1. The van der Waals surface area contributed by atoms with Gasteiger partial charge in [0.1, 0.15) is 10.6 Å². The smallest absolute Gasteiger partial charge is 0.341 e. The Balaban J connectivity index is 1.81. The molecule has 7 nitrogen and oxygen atoms in total. The molecule has 0 aliphatic carbocycles. The zero-order chi connectivity index (χ0) is 24.1. The molecule has 0 bridgehead atoms. The van der Waals surface area contributed by atoms with Gasteiger partial charge in [-0.2, -0.15) is 0 Å². The van der Waals surface area contributed by atoms with Crippen molar-refractivity contribution in [2.24, 2.45) is 0 Å². The van der Waals surface area contributed by atoms with E-state index in [1.54, 1.807) is 6.92 Å². The van der Waals surface area contributed by atoms with Crippen LogP contribution in [-0.2, 0) is 14.3 Å². The number of thiophene rings is 1. The van der Waals surface area contributed by atoms with Crippen molar-refractivity contribution in [3.63, 3.8) is 0 Å². The van der Waals surface area contributed by atoms with E-state index < -0.39 is 24.5 Å². The molecule has 0 saturated carbocycles. The summed E-state index contributed by atoms with van der Waals surface area (Å²) in [5.74, 6) is -1.90. The van der Waals surface area contributed by atoms with Crippen LogP contribution in [0.1, 0.15) is 38.1 Å². The Hall–Kier alpha value is -3.36. The van der Waals surface area contributed by atoms with Gasteiger partial charge in [-0.25, -0.2) is 9.59 Å². The van der Waals surface area contributed by atoms with Crippen LogP contribution in [0.3, 0.4) is 0 Å². The van der Waals surface area contributed by atoms with Gasteiger partial charge in [0, 0.05) is 21.2 Å². The molecule has 172 valence electrons. The molecule has 0 spiro atoms. The van der Waals surface area contributed by atoms with E-state index in [-0.39, 0.29) is 23.4 Å². The summed E-state index contributed by atoms with van der Waals surface area (Å²) in [4.78, 5) is 38.4. The first-order chi connectivity index (χ1) is 15.7. The van der Waals surface area contributed by atoms with E-state index in [2.05, 4.69) is 5.32 Å². The number of carbonyl (C=O) groups excluding carboxylic acids is 3. The molecule has 0 atom stereocenters.